The van der Waals surface area contributed by atoms with Crippen molar-refractivity contribution in [2.75, 3.05) is 16.8 Å². The van der Waals surface area contributed by atoms with E-state index in [0.717, 1.165) is 19.1 Å². The number of halogens is 2. The van der Waals surface area contributed by atoms with Gasteiger partial charge in [-0.2, -0.15) is 5.10 Å². The van der Waals surface area contributed by atoms with Gasteiger partial charge < -0.3 is 23.9 Å². The number of alkyl halides is 2. The van der Waals surface area contributed by atoms with Crippen LogP contribution >= 0.6 is 0 Å². The standard InChI is InChI=1S/C33H40F2N6O8/c1-18(2)47-32(45)48-30(43)20-8-10-22(11-9-20)41-16-23(26(39-41)27(34)35)37-28(42)24-17-46-29(38-24)21-12-13-36-25(14-21)40(15-19-6-7-19)31(44)49-33(3,4)5/h12-14,16-20,22,27H,6-11,15H2,1-5H3,(H,37,42). The van der Waals surface area contributed by atoms with Crippen molar-refractivity contribution in [1.29, 1.82) is 0 Å². The van der Waals surface area contributed by atoms with Gasteiger partial charge in [0.05, 0.1) is 23.8 Å². The number of esters is 1. The summed E-state index contributed by atoms with van der Waals surface area (Å²) < 4.78 is 50.1. The van der Waals surface area contributed by atoms with Crippen molar-refractivity contribution in [1.82, 2.24) is 19.7 Å². The first-order valence-electron chi connectivity index (χ1n) is 16.2. The van der Waals surface area contributed by atoms with Crippen molar-refractivity contribution < 1.29 is 46.6 Å². The summed E-state index contributed by atoms with van der Waals surface area (Å²) in [4.78, 5) is 60.2. The van der Waals surface area contributed by atoms with E-state index >= 15 is 0 Å². The van der Waals surface area contributed by atoms with Crippen LogP contribution in [0.3, 0.4) is 0 Å². The van der Waals surface area contributed by atoms with Crippen LogP contribution < -0.4 is 10.2 Å². The van der Waals surface area contributed by atoms with Gasteiger partial charge in [-0.1, -0.05) is 0 Å². The van der Waals surface area contributed by atoms with Gasteiger partial charge in [-0.05, 0) is 91.2 Å². The fourth-order valence-corrected chi connectivity index (χ4v) is 5.34. The van der Waals surface area contributed by atoms with E-state index in [1.54, 1.807) is 46.8 Å². The maximum atomic E-state index is 14.0. The molecule has 1 N–H and O–H groups in total. The Balaban J connectivity index is 1.25. The van der Waals surface area contributed by atoms with E-state index in [1.807, 2.05) is 0 Å². The Morgan fingerprint density at radius 1 is 1.10 bits per heavy atom. The molecule has 3 heterocycles. The molecule has 264 valence electrons. The summed E-state index contributed by atoms with van der Waals surface area (Å²) in [6.07, 6.45) is 2.40. The lowest BCUT2D eigenvalue weighted by atomic mass is 9.86. The Labute approximate surface area is 281 Å². The number of carbonyl (C=O) groups is 4. The number of hydrogen-bond acceptors (Lipinski definition) is 11. The van der Waals surface area contributed by atoms with E-state index in [0.29, 0.717) is 49.5 Å². The summed E-state index contributed by atoms with van der Waals surface area (Å²) in [6, 6.07) is 2.88. The van der Waals surface area contributed by atoms with E-state index in [1.165, 1.54) is 22.0 Å². The molecular formula is C33H40F2N6O8. The van der Waals surface area contributed by atoms with Crippen LogP contribution in [-0.4, -0.2) is 62.1 Å². The minimum Gasteiger partial charge on any atom is -0.444 e. The molecule has 2 aliphatic carbocycles. The zero-order valence-corrected chi connectivity index (χ0v) is 28.0. The number of amides is 2. The Morgan fingerprint density at radius 3 is 2.45 bits per heavy atom. The molecule has 3 aromatic heterocycles. The van der Waals surface area contributed by atoms with Crippen molar-refractivity contribution in [2.45, 2.75) is 97.3 Å². The number of anilines is 2. The summed E-state index contributed by atoms with van der Waals surface area (Å²) in [5.74, 6) is -1.30. The number of hydrogen-bond donors (Lipinski definition) is 1. The number of ether oxygens (including phenoxy) is 3. The van der Waals surface area contributed by atoms with Crippen LogP contribution in [0.15, 0.2) is 35.2 Å². The number of oxazole rings is 1. The number of nitrogens with zero attached hydrogens (tertiary/aromatic N) is 5. The molecule has 0 atom stereocenters. The summed E-state index contributed by atoms with van der Waals surface area (Å²) in [6.45, 7) is 9.04. The molecule has 2 amide bonds. The smallest absolute Gasteiger partial charge is 0.444 e. The minimum atomic E-state index is -2.98. The molecule has 14 nitrogen and oxygen atoms in total. The molecule has 0 radical (unpaired) electrons. The molecule has 0 saturated heterocycles. The third kappa shape index (κ3) is 9.38. The van der Waals surface area contributed by atoms with Gasteiger partial charge in [0.25, 0.3) is 12.3 Å². The lowest BCUT2D eigenvalue weighted by Gasteiger charge is -2.27. The fraction of sp³-hybridized carbons (Fsp3) is 0.545. The van der Waals surface area contributed by atoms with Gasteiger partial charge >= 0.3 is 18.2 Å². The molecule has 16 heteroatoms. The van der Waals surface area contributed by atoms with Gasteiger partial charge in [0.15, 0.2) is 11.4 Å². The number of pyridine rings is 1. The van der Waals surface area contributed by atoms with Gasteiger partial charge in [-0.3, -0.25) is 19.2 Å². The predicted octanol–water partition coefficient (Wildman–Crippen LogP) is 7.09. The molecule has 2 fully saturated rings. The second kappa shape index (κ2) is 14.7. The van der Waals surface area contributed by atoms with Crippen molar-refractivity contribution >= 4 is 35.6 Å². The quantitative estimate of drug-likeness (QED) is 0.171. The van der Waals surface area contributed by atoms with E-state index in [4.69, 9.17) is 18.6 Å². The van der Waals surface area contributed by atoms with Gasteiger partial charge in [-0.25, -0.2) is 28.3 Å². The highest BCUT2D eigenvalue weighted by Crippen LogP contribution is 2.36. The van der Waals surface area contributed by atoms with Crippen molar-refractivity contribution in [2.24, 2.45) is 11.8 Å². The van der Waals surface area contributed by atoms with Crippen molar-refractivity contribution in [3.8, 4) is 11.5 Å². The minimum absolute atomic E-state index is 0.0573. The fourth-order valence-electron chi connectivity index (χ4n) is 5.34. The molecule has 0 bridgehead atoms. The SMILES string of the molecule is CC(C)OC(=O)OC(=O)C1CCC(n2cc(NC(=O)c3coc(-c4ccnc(N(CC5CC5)C(=O)OC(C)(C)C)c4)n3)c(C(F)F)n2)CC1. The highest BCUT2D eigenvalue weighted by atomic mass is 19.3. The van der Waals surface area contributed by atoms with Gasteiger partial charge in [0.2, 0.25) is 5.89 Å². The first kappa shape index (κ1) is 35.4. The van der Waals surface area contributed by atoms with Crippen LogP contribution in [0.5, 0.6) is 0 Å². The topological polar surface area (TPSA) is 168 Å². The third-order valence-electron chi connectivity index (χ3n) is 7.89. The molecule has 2 saturated carbocycles. The maximum Gasteiger partial charge on any atom is 0.516 e. The average Bonchev–Trinajstić information content (AvgIpc) is 3.53. The number of aromatic nitrogens is 4. The van der Waals surface area contributed by atoms with Crippen LogP contribution in [0.4, 0.5) is 29.9 Å². The zero-order valence-electron chi connectivity index (χ0n) is 28.0. The summed E-state index contributed by atoms with van der Waals surface area (Å²) >= 11 is 0. The average molecular weight is 687 g/mol. The molecule has 5 rings (SSSR count). The van der Waals surface area contributed by atoms with E-state index in [9.17, 15) is 28.0 Å². The van der Waals surface area contributed by atoms with Crippen LogP contribution in [0, 0.1) is 11.8 Å². The third-order valence-corrected chi connectivity index (χ3v) is 7.89. The summed E-state index contributed by atoms with van der Waals surface area (Å²) in [7, 11) is 0. The van der Waals surface area contributed by atoms with Crippen molar-refractivity contribution in [3.63, 3.8) is 0 Å². The van der Waals surface area contributed by atoms with Gasteiger partial charge in [0, 0.05) is 24.5 Å². The van der Waals surface area contributed by atoms with Crippen LogP contribution in [-0.2, 0) is 19.0 Å². The molecule has 0 aliphatic heterocycles. The molecular weight excluding hydrogens is 646 g/mol. The van der Waals surface area contributed by atoms with Crippen LogP contribution in [0.2, 0.25) is 0 Å². The second-order valence-electron chi connectivity index (χ2n) is 13.5. The summed E-state index contributed by atoms with van der Waals surface area (Å²) in [5.41, 5.74) is -1.25. The lowest BCUT2D eigenvalue weighted by molar-refractivity contribution is -0.146. The molecule has 49 heavy (non-hydrogen) atoms. The molecule has 2 aliphatic rings. The summed E-state index contributed by atoms with van der Waals surface area (Å²) in [5, 5.41) is 6.50. The predicted molar refractivity (Wildman–Crippen MR) is 170 cm³/mol. The Hall–Kier alpha value is -4.89. The molecule has 0 aromatic carbocycles. The van der Waals surface area contributed by atoms with E-state index in [2.05, 4.69) is 20.4 Å². The van der Waals surface area contributed by atoms with Crippen molar-refractivity contribution in [3.05, 3.63) is 42.2 Å². The zero-order chi connectivity index (χ0) is 35.5. The maximum absolute atomic E-state index is 14.0. The first-order chi connectivity index (χ1) is 23.2. The normalized spacial score (nSPS) is 17.9. The molecule has 0 spiro atoms. The molecule has 0 unspecified atom stereocenters. The second-order valence-corrected chi connectivity index (χ2v) is 13.5. The Kier molecular flexibility index (Phi) is 10.6. The first-order valence-corrected chi connectivity index (χ1v) is 16.2. The van der Waals surface area contributed by atoms with E-state index in [-0.39, 0.29) is 23.3 Å². The van der Waals surface area contributed by atoms with Gasteiger partial charge in [-0.15, -0.1) is 0 Å². The number of carbonyl (C=O) groups excluding carboxylic acids is 4. The van der Waals surface area contributed by atoms with Crippen LogP contribution in [0.25, 0.3) is 11.5 Å². The highest BCUT2D eigenvalue weighted by molar-refractivity contribution is 6.03. The molecule has 3 aromatic rings. The highest BCUT2D eigenvalue weighted by Gasteiger charge is 2.33. The Morgan fingerprint density at radius 2 is 1.82 bits per heavy atom. The van der Waals surface area contributed by atoms with Gasteiger partial charge in [0.1, 0.15) is 17.7 Å². The number of nitrogens with one attached hydrogen (secondary N) is 1. The largest absolute Gasteiger partial charge is 0.516 e. The van der Waals surface area contributed by atoms with Crippen LogP contribution in [0.1, 0.15) is 102 Å². The van der Waals surface area contributed by atoms with E-state index < -0.39 is 53.9 Å². The monoisotopic (exact) mass is 686 g/mol. The lowest BCUT2D eigenvalue weighted by Crippen LogP contribution is -2.38. The Bertz CT molecular complexity index is 1670. The number of rotatable bonds is 10.